The maximum Gasteiger partial charge on any atom is 0.409 e. The van der Waals surface area contributed by atoms with E-state index in [4.69, 9.17) is 4.74 Å². The minimum absolute atomic E-state index is 0.0531. The fraction of sp³-hybridized carbons (Fsp3) is 0.200. The van der Waals surface area contributed by atoms with Crippen LogP contribution in [-0.2, 0) is 14.9 Å². The fourth-order valence-electron chi connectivity index (χ4n) is 4.65. The summed E-state index contributed by atoms with van der Waals surface area (Å²) in [4.78, 5) is 25.9. The first-order chi connectivity index (χ1) is 15.0. The average Bonchev–Trinajstić information content (AvgIpc) is 3.05. The second kappa shape index (κ2) is 7.23. The Morgan fingerprint density at radius 3 is 2.16 bits per heavy atom. The van der Waals surface area contributed by atoms with Gasteiger partial charge in [-0.2, -0.15) is 0 Å². The minimum Gasteiger partial charge on any atom is -0.480 e. The van der Waals surface area contributed by atoms with Gasteiger partial charge in [0.25, 0.3) is 0 Å². The molecule has 156 valence electrons. The van der Waals surface area contributed by atoms with Gasteiger partial charge in [-0.15, -0.1) is 0 Å². The van der Waals surface area contributed by atoms with Crippen LogP contribution in [0.2, 0.25) is 0 Å². The van der Waals surface area contributed by atoms with Gasteiger partial charge in [-0.3, -0.25) is 4.79 Å². The third-order valence-corrected chi connectivity index (χ3v) is 6.30. The summed E-state index contributed by atoms with van der Waals surface area (Å²) in [5.41, 5.74) is 3.54. The zero-order chi connectivity index (χ0) is 21.6. The van der Waals surface area contributed by atoms with Gasteiger partial charge in [-0.1, -0.05) is 60.7 Å². The number of benzene rings is 3. The molecule has 6 heteroatoms. The number of hydrogen-bond acceptors (Lipinski definition) is 3. The molecule has 0 saturated carbocycles. The molecule has 0 unspecified atom stereocenters. The summed E-state index contributed by atoms with van der Waals surface area (Å²) >= 11 is 0. The van der Waals surface area contributed by atoms with Crippen molar-refractivity contribution in [2.75, 3.05) is 19.7 Å². The highest BCUT2D eigenvalue weighted by Crippen LogP contribution is 2.44. The molecule has 3 aromatic rings. The van der Waals surface area contributed by atoms with Gasteiger partial charge in [-0.25, -0.2) is 9.18 Å². The molecule has 1 heterocycles. The maximum atomic E-state index is 13.6. The first-order valence-corrected chi connectivity index (χ1v) is 10.1. The lowest BCUT2D eigenvalue weighted by molar-refractivity contribution is -0.150. The molecular weight excluding hydrogens is 397 g/mol. The zero-order valence-electron chi connectivity index (χ0n) is 16.6. The number of amides is 1. The Morgan fingerprint density at radius 1 is 0.968 bits per heavy atom. The third kappa shape index (κ3) is 3.06. The number of hydrogen-bond donors (Lipinski definition) is 1. The van der Waals surface area contributed by atoms with Crippen molar-refractivity contribution in [3.05, 3.63) is 95.3 Å². The quantitative estimate of drug-likeness (QED) is 0.683. The smallest absolute Gasteiger partial charge is 0.409 e. The predicted octanol–water partition coefficient (Wildman–Crippen LogP) is 4.41. The zero-order valence-corrected chi connectivity index (χ0v) is 16.6. The number of likely N-dealkylation sites (tertiary alicyclic amines) is 1. The highest BCUT2D eigenvalue weighted by atomic mass is 19.1. The second-order valence-electron chi connectivity index (χ2n) is 8.06. The molecule has 3 aromatic carbocycles. The van der Waals surface area contributed by atoms with Gasteiger partial charge in [0, 0.05) is 19.0 Å². The number of fused-ring (bicyclic) bond motifs is 3. The standard InChI is InChI=1S/C25H20FNO4/c26-17-7-5-6-16(12-17)25(23(28)29)14-27(15-25)24(30)31-13-22-20-10-3-1-8-18(20)19-9-2-4-11-21(19)22/h1-12,22H,13-15H2,(H,28,29). The van der Waals surface area contributed by atoms with Gasteiger partial charge in [0.15, 0.2) is 0 Å². The van der Waals surface area contributed by atoms with Crippen LogP contribution >= 0.6 is 0 Å². The van der Waals surface area contributed by atoms with E-state index in [1.165, 1.54) is 23.1 Å². The van der Waals surface area contributed by atoms with Gasteiger partial charge in [0.05, 0.1) is 0 Å². The Morgan fingerprint density at radius 2 is 1.58 bits per heavy atom. The molecule has 31 heavy (non-hydrogen) atoms. The Labute approximate surface area is 178 Å². The van der Waals surface area contributed by atoms with Crippen LogP contribution in [0.1, 0.15) is 22.6 Å². The minimum atomic E-state index is -1.31. The molecule has 1 aliphatic carbocycles. The number of nitrogens with zero attached hydrogens (tertiary/aromatic N) is 1. The Kier molecular flexibility index (Phi) is 4.50. The summed E-state index contributed by atoms with van der Waals surface area (Å²) in [5.74, 6) is -1.65. The number of carboxylic acid groups (broad SMARTS) is 1. The van der Waals surface area contributed by atoms with Crippen LogP contribution < -0.4 is 0 Å². The molecule has 1 N–H and O–H groups in total. The summed E-state index contributed by atoms with van der Waals surface area (Å²) < 4.78 is 19.2. The van der Waals surface area contributed by atoms with Crippen molar-refractivity contribution in [2.45, 2.75) is 11.3 Å². The highest BCUT2D eigenvalue weighted by molar-refractivity contribution is 5.86. The van der Waals surface area contributed by atoms with Crippen LogP contribution in [-0.4, -0.2) is 41.8 Å². The normalized spacial score (nSPS) is 16.2. The number of carbonyl (C=O) groups excluding carboxylic acids is 1. The van der Waals surface area contributed by atoms with Crippen LogP contribution in [0, 0.1) is 5.82 Å². The topological polar surface area (TPSA) is 66.8 Å². The summed E-state index contributed by atoms with van der Waals surface area (Å²) in [6.07, 6.45) is -0.560. The van der Waals surface area contributed by atoms with Crippen molar-refractivity contribution in [3.8, 4) is 11.1 Å². The largest absolute Gasteiger partial charge is 0.480 e. The number of aliphatic carboxylic acids is 1. The Hall–Kier alpha value is -3.67. The summed E-state index contributed by atoms with van der Waals surface area (Å²) in [6.45, 7) is 0.0638. The van der Waals surface area contributed by atoms with Gasteiger partial charge < -0.3 is 14.7 Å². The Bertz CT molecular complexity index is 1140. The van der Waals surface area contributed by atoms with Crippen molar-refractivity contribution < 1.29 is 23.8 Å². The van der Waals surface area contributed by atoms with Gasteiger partial charge in [0.2, 0.25) is 0 Å². The summed E-state index contributed by atoms with van der Waals surface area (Å²) in [5, 5.41) is 9.75. The lowest BCUT2D eigenvalue weighted by Gasteiger charge is -2.46. The van der Waals surface area contributed by atoms with E-state index in [1.54, 1.807) is 6.07 Å². The molecule has 1 saturated heterocycles. The molecule has 0 radical (unpaired) electrons. The molecule has 0 atom stereocenters. The van der Waals surface area contributed by atoms with Crippen molar-refractivity contribution in [2.24, 2.45) is 0 Å². The van der Waals surface area contributed by atoms with E-state index in [1.807, 2.05) is 36.4 Å². The number of carboxylic acids is 1. The lowest BCUT2D eigenvalue weighted by atomic mass is 9.74. The van der Waals surface area contributed by atoms with Gasteiger partial charge in [0.1, 0.15) is 17.8 Å². The molecule has 0 aromatic heterocycles. The molecule has 1 amide bonds. The van der Waals surface area contributed by atoms with Gasteiger partial charge >= 0.3 is 12.1 Å². The SMILES string of the molecule is O=C(OCC1c2ccccc2-c2ccccc21)N1CC(C(=O)O)(c2cccc(F)c2)C1. The molecule has 5 rings (SSSR count). The summed E-state index contributed by atoms with van der Waals surface area (Å²) in [7, 11) is 0. The van der Waals surface area contributed by atoms with Crippen molar-refractivity contribution in [1.29, 1.82) is 0 Å². The highest BCUT2D eigenvalue weighted by Gasteiger charge is 2.53. The number of carbonyl (C=O) groups is 2. The van der Waals surface area contributed by atoms with E-state index in [-0.39, 0.29) is 25.6 Å². The number of halogens is 1. The van der Waals surface area contributed by atoms with Crippen LogP contribution in [0.3, 0.4) is 0 Å². The number of ether oxygens (including phenoxy) is 1. The fourth-order valence-corrected chi connectivity index (χ4v) is 4.65. The molecule has 0 bridgehead atoms. The van der Waals surface area contributed by atoms with E-state index < -0.39 is 23.3 Å². The molecular formula is C25H20FNO4. The van der Waals surface area contributed by atoms with E-state index >= 15 is 0 Å². The van der Waals surface area contributed by atoms with Crippen molar-refractivity contribution in [3.63, 3.8) is 0 Å². The van der Waals surface area contributed by atoms with Crippen molar-refractivity contribution >= 4 is 12.1 Å². The predicted molar refractivity (Wildman–Crippen MR) is 112 cm³/mol. The van der Waals surface area contributed by atoms with Crippen molar-refractivity contribution in [1.82, 2.24) is 4.90 Å². The van der Waals surface area contributed by atoms with Gasteiger partial charge in [-0.05, 0) is 39.9 Å². The first kappa shape index (κ1) is 19.3. The van der Waals surface area contributed by atoms with Crippen LogP contribution in [0.5, 0.6) is 0 Å². The first-order valence-electron chi connectivity index (χ1n) is 10.1. The average molecular weight is 417 g/mol. The van der Waals surface area contributed by atoms with E-state index in [0.717, 1.165) is 22.3 Å². The molecule has 2 aliphatic rings. The third-order valence-electron chi connectivity index (χ3n) is 6.30. The molecule has 0 spiro atoms. The molecule has 1 aliphatic heterocycles. The maximum absolute atomic E-state index is 13.6. The Balaban J connectivity index is 1.30. The number of rotatable bonds is 4. The lowest BCUT2D eigenvalue weighted by Crippen LogP contribution is -2.65. The van der Waals surface area contributed by atoms with Crippen LogP contribution in [0.4, 0.5) is 9.18 Å². The van der Waals surface area contributed by atoms with E-state index in [9.17, 15) is 19.1 Å². The van der Waals surface area contributed by atoms with E-state index in [2.05, 4.69) is 12.1 Å². The summed E-state index contributed by atoms with van der Waals surface area (Å²) in [6, 6.07) is 21.6. The second-order valence-corrected chi connectivity index (χ2v) is 8.06. The molecule has 5 nitrogen and oxygen atoms in total. The van der Waals surface area contributed by atoms with Crippen LogP contribution in [0.25, 0.3) is 11.1 Å². The van der Waals surface area contributed by atoms with Crippen LogP contribution in [0.15, 0.2) is 72.8 Å². The van der Waals surface area contributed by atoms with E-state index in [0.29, 0.717) is 5.56 Å². The monoisotopic (exact) mass is 417 g/mol. The molecule has 1 fully saturated rings.